The summed E-state index contributed by atoms with van der Waals surface area (Å²) in [5.74, 6) is 1.27. The van der Waals surface area contributed by atoms with Crippen molar-refractivity contribution in [3.63, 3.8) is 0 Å². The van der Waals surface area contributed by atoms with Gasteiger partial charge in [0.1, 0.15) is 0 Å². The molecular formula is C23H37N2O2Y-. The quantitative estimate of drug-likeness (QED) is 0.713. The normalized spacial score (nSPS) is 25.8. The standard InChI is InChI=1S/C15H20N.C8H17NO2.Y/c1-2-7-13(8-3-1)15-14-9-5-4-6-12(14)10-11-16-15;10-5-4-9-3-1-2-8(6-9)7-11;/h4-6,9,13,15H,1-3,7-8,10-11H2;8,10-11H,1-7H2;/q-1;;. The van der Waals surface area contributed by atoms with Gasteiger partial charge in [-0.05, 0) is 37.3 Å². The van der Waals surface area contributed by atoms with Crippen molar-refractivity contribution in [1.29, 1.82) is 0 Å². The molecule has 2 heterocycles. The van der Waals surface area contributed by atoms with Gasteiger partial charge in [-0.3, -0.25) is 0 Å². The number of aliphatic hydroxyl groups excluding tert-OH is 2. The first-order chi connectivity index (χ1) is 13.3. The molecular weight excluding hydrogens is 425 g/mol. The Balaban J connectivity index is 0.000000208. The zero-order chi connectivity index (χ0) is 18.9. The first-order valence-electron chi connectivity index (χ1n) is 11.0. The molecule has 2 N–H and O–H groups in total. The average Bonchev–Trinajstić information content (AvgIpc) is 2.75. The van der Waals surface area contributed by atoms with Gasteiger partial charge in [0.15, 0.2) is 0 Å². The zero-order valence-corrected chi connectivity index (χ0v) is 20.1. The van der Waals surface area contributed by atoms with Crippen molar-refractivity contribution < 1.29 is 42.9 Å². The van der Waals surface area contributed by atoms with Gasteiger partial charge in [0.25, 0.3) is 0 Å². The Hall–Kier alpha value is 0.164. The van der Waals surface area contributed by atoms with Gasteiger partial charge in [-0.1, -0.05) is 67.9 Å². The number of rotatable bonds is 4. The van der Waals surface area contributed by atoms with Gasteiger partial charge in [0.2, 0.25) is 0 Å². The molecule has 1 aromatic carbocycles. The number of likely N-dealkylation sites (tertiary alicyclic amines) is 1. The summed E-state index contributed by atoms with van der Waals surface area (Å²) in [5.41, 5.74) is 3.08. The Bertz CT molecular complexity index is 549. The number of benzene rings is 1. The van der Waals surface area contributed by atoms with E-state index in [9.17, 15) is 0 Å². The Morgan fingerprint density at radius 1 is 1.00 bits per heavy atom. The molecule has 2 fully saturated rings. The molecule has 4 nitrogen and oxygen atoms in total. The van der Waals surface area contributed by atoms with Crippen molar-refractivity contribution in [3.05, 3.63) is 40.7 Å². The molecule has 2 unspecified atom stereocenters. The summed E-state index contributed by atoms with van der Waals surface area (Å²) in [6.45, 7) is 4.36. The first-order valence-corrected chi connectivity index (χ1v) is 11.0. The van der Waals surface area contributed by atoms with E-state index >= 15 is 0 Å². The van der Waals surface area contributed by atoms with Crippen molar-refractivity contribution in [3.8, 4) is 0 Å². The van der Waals surface area contributed by atoms with E-state index < -0.39 is 0 Å². The Labute approximate surface area is 196 Å². The van der Waals surface area contributed by atoms with E-state index in [0.29, 0.717) is 18.6 Å². The maximum absolute atomic E-state index is 8.89. The molecule has 1 radical (unpaired) electrons. The van der Waals surface area contributed by atoms with Gasteiger partial charge in [0.05, 0.1) is 6.61 Å². The summed E-state index contributed by atoms with van der Waals surface area (Å²) in [7, 11) is 0. The fourth-order valence-corrected chi connectivity index (χ4v) is 4.97. The summed E-state index contributed by atoms with van der Waals surface area (Å²) < 4.78 is 0. The van der Waals surface area contributed by atoms with Crippen LogP contribution in [0.3, 0.4) is 0 Å². The Morgan fingerprint density at radius 3 is 2.54 bits per heavy atom. The van der Waals surface area contributed by atoms with Gasteiger partial charge in [-0.25, -0.2) is 0 Å². The van der Waals surface area contributed by atoms with Crippen LogP contribution in [0.2, 0.25) is 0 Å². The summed E-state index contributed by atoms with van der Waals surface area (Å²) in [5, 5.41) is 22.5. The third-order valence-electron chi connectivity index (χ3n) is 6.45. The summed E-state index contributed by atoms with van der Waals surface area (Å²) >= 11 is 0. The van der Waals surface area contributed by atoms with Crippen LogP contribution in [-0.4, -0.2) is 54.5 Å². The topological polar surface area (TPSA) is 57.8 Å². The van der Waals surface area contributed by atoms with E-state index in [1.807, 2.05) is 0 Å². The van der Waals surface area contributed by atoms with Crippen LogP contribution >= 0.6 is 0 Å². The van der Waals surface area contributed by atoms with Gasteiger partial charge in [-0.2, -0.15) is 0 Å². The van der Waals surface area contributed by atoms with Crippen LogP contribution in [0.15, 0.2) is 24.3 Å². The Kier molecular flexibility index (Phi) is 11.7. The second-order valence-electron chi connectivity index (χ2n) is 8.41. The second kappa shape index (κ2) is 13.5. The monoisotopic (exact) mass is 462 g/mol. The van der Waals surface area contributed by atoms with E-state index in [1.165, 1.54) is 37.7 Å². The minimum atomic E-state index is 0. The predicted octanol–water partition coefficient (Wildman–Crippen LogP) is 3.92. The van der Waals surface area contributed by atoms with Crippen molar-refractivity contribution in [2.75, 3.05) is 39.4 Å². The number of nitrogens with zero attached hydrogens (tertiary/aromatic N) is 2. The average molecular weight is 462 g/mol. The maximum Gasteiger partial charge on any atom is 0.0558 e. The van der Waals surface area contributed by atoms with E-state index in [1.54, 1.807) is 5.56 Å². The van der Waals surface area contributed by atoms with Gasteiger partial charge >= 0.3 is 0 Å². The number of hydrogen-bond acceptors (Lipinski definition) is 3. The molecule has 3 aliphatic rings. The molecule has 1 aromatic rings. The smallest absolute Gasteiger partial charge is 0.0558 e. The summed E-state index contributed by atoms with van der Waals surface area (Å²) in [6.07, 6.45) is 10.5. The molecule has 1 saturated carbocycles. The van der Waals surface area contributed by atoms with Crippen molar-refractivity contribution in [2.45, 2.75) is 57.4 Å². The molecule has 0 amide bonds. The molecule has 1 aliphatic carbocycles. The number of piperidine rings is 1. The third kappa shape index (κ3) is 7.14. The fourth-order valence-electron chi connectivity index (χ4n) is 4.97. The van der Waals surface area contributed by atoms with E-state index in [-0.39, 0.29) is 39.3 Å². The number of aliphatic hydroxyl groups is 2. The molecule has 0 spiro atoms. The van der Waals surface area contributed by atoms with E-state index in [4.69, 9.17) is 15.5 Å². The number of hydrogen-bond donors (Lipinski definition) is 2. The van der Waals surface area contributed by atoms with E-state index in [2.05, 4.69) is 29.2 Å². The molecule has 4 rings (SSSR count). The minimum absolute atomic E-state index is 0. The number of fused-ring (bicyclic) bond motifs is 1. The van der Waals surface area contributed by atoms with Crippen molar-refractivity contribution in [1.82, 2.24) is 4.90 Å². The van der Waals surface area contributed by atoms with Gasteiger partial charge in [-0.15, -0.1) is 12.6 Å². The molecule has 0 aromatic heterocycles. The maximum atomic E-state index is 8.89. The molecule has 5 heteroatoms. The van der Waals surface area contributed by atoms with Crippen LogP contribution in [0, 0.1) is 11.8 Å². The van der Waals surface area contributed by atoms with Crippen LogP contribution < -0.4 is 0 Å². The largest absolute Gasteiger partial charge is 0.655 e. The van der Waals surface area contributed by atoms with Gasteiger partial charge < -0.3 is 20.4 Å². The first kappa shape index (κ1) is 24.4. The fraction of sp³-hybridized carbons (Fsp3) is 0.739. The van der Waals surface area contributed by atoms with Crippen molar-refractivity contribution in [2.24, 2.45) is 11.8 Å². The molecule has 2 atom stereocenters. The van der Waals surface area contributed by atoms with Crippen LogP contribution in [-0.2, 0) is 39.1 Å². The predicted molar refractivity (Wildman–Crippen MR) is 111 cm³/mol. The van der Waals surface area contributed by atoms with Crippen LogP contribution in [0.25, 0.3) is 5.32 Å². The van der Waals surface area contributed by atoms with Gasteiger partial charge in [0, 0.05) is 52.4 Å². The Morgan fingerprint density at radius 2 is 1.79 bits per heavy atom. The third-order valence-corrected chi connectivity index (χ3v) is 6.45. The summed E-state index contributed by atoms with van der Waals surface area (Å²) in [4.78, 5) is 2.21. The van der Waals surface area contributed by atoms with Crippen LogP contribution in [0.5, 0.6) is 0 Å². The molecule has 155 valence electrons. The minimum Gasteiger partial charge on any atom is -0.655 e. The van der Waals surface area contributed by atoms with Crippen LogP contribution in [0.4, 0.5) is 0 Å². The SMILES string of the molecule is OCCN1CCCC(CO)C1.[Y].c1ccc2c(c1)CC[N-]C2C1CCCCC1. The number of β-amino-alcohol motifs (C(OH)–C–C–N with tert-alkyl or cyclic N) is 1. The molecule has 28 heavy (non-hydrogen) atoms. The van der Waals surface area contributed by atoms with Crippen LogP contribution in [0.1, 0.15) is 62.1 Å². The van der Waals surface area contributed by atoms with Crippen molar-refractivity contribution >= 4 is 0 Å². The second-order valence-corrected chi connectivity index (χ2v) is 8.41. The molecule has 0 bridgehead atoms. The van der Waals surface area contributed by atoms with E-state index in [0.717, 1.165) is 51.4 Å². The zero-order valence-electron chi connectivity index (χ0n) is 17.3. The molecule has 2 aliphatic heterocycles. The summed E-state index contributed by atoms with van der Waals surface area (Å²) in [6, 6.07) is 9.46. The molecule has 1 saturated heterocycles.